The first-order chi connectivity index (χ1) is 10.9. The van der Waals surface area contributed by atoms with E-state index in [-0.39, 0.29) is 0 Å². The van der Waals surface area contributed by atoms with Gasteiger partial charge in [0.2, 0.25) is 0 Å². The summed E-state index contributed by atoms with van der Waals surface area (Å²) >= 11 is 0. The fraction of sp³-hybridized carbons (Fsp3) is 1.00. The summed E-state index contributed by atoms with van der Waals surface area (Å²) < 4.78 is 0. The lowest BCUT2D eigenvalue weighted by molar-refractivity contribution is 0.296. The second kappa shape index (κ2) is 11.5. The Hall–Kier alpha value is -0.0400. The molecule has 2 fully saturated rings. The lowest BCUT2D eigenvalue weighted by atomic mass is 9.90. The van der Waals surface area contributed by atoms with Gasteiger partial charge in [-0.1, -0.05) is 90.4 Å². The van der Waals surface area contributed by atoms with Crippen LogP contribution in [0.25, 0.3) is 0 Å². The molecule has 0 aromatic carbocycles. The van der Waals surface area contributed by atoms with Gasteiger partial charge in [0.25, 0.3) is 0 Å². The minimum absolute atomic E-state index is 0.816. The van der Waals surface area contributed by atoms with E-state index >= 15 is 0 Å². The monoisotopic (exact) mass is 307 g/mol. The molecule has 0 bridgehead atoms. The van der Waals surface area contributed by atoms with E-state index in [1.54, 1.807) is 0 Å². The van der Waals surface area contributed by atoms with Gasteiger partial charge in [0, 0.05) is 12.1 Å². The molecule has 2 rings (SSSR count). The van der Waals surface area contributed by atoms with Gasteiger partial charge >= 0.3 is 0 Å². The lowest BCUT2D eigenvalue weighted by Crippen LogP contribution is -2.39. The molecule has 130 valence electrons. The van der Waals surface area contributed by atoms with Crippen molar-refractivity contribution in [3.8, 4) is 0 Å². The normalized spacial score (nSPS) is 31.0. The standard InChI is InChI=1S/C21H41N/c1-2-19-14-10-8-9-13-17-21(18-19)22-20-15-11-6-4-3-5-7-12-16-20/h19-22H,2-18H2,1H3. The molecule has 2 unspecified atom stereocenters. The maximum Gasteiger partial charge on any atom is 0.00722 e. The van der Waals surface area contributed by atoms with E-state index in [2.05, 4.69) is 12.2 Å². The molecular formula is C21H41N. The predicted molar refractivity (Wildman–Crippen MR) is 98.4 cm³/mol. The first-order valence-electron chi connectivity index (χ1n) is 10.6. The molecule has 0 saturated heterocycles. The molecule has 0 aromatic heterocycles. The first kappa shape index (κ1) is 18.3. The maximum absolute atomic E-state index is 4.13. The van der Waals surface area contributed by atoms with E-state index < -0.39 is 0 Å². The molecule has 0 aromatic rings. The minimum atomic E-state index is 0.816. The lowest BCUT2D eigenvalue weighted by Gasteiger charge is -2.29. The maximum atomic E-state index is 4.13. The third-order valence-corrected chi connectivity index (χ3v) is 6.19. The highest BCUT2D eigenvalue weighted by molar-refractivity contribution is 4.79. The van der Waals surface area contributed by atoms with Crippen molar-refractivity contribution in [2.75, 3.05) is 0 Å². The van der Waals surface area contributed by atoms with Crippen LogP contribution in [-0.4, -0.2) is 12.1 Å². The third-order valence-electron chi connectivity index (χ3n) is 6.19. The van der Waals surface area contributed by atoms with Crippen LogP contribution in [0.4, 0.5) is 0 Å². The van der Waals surface area contributed by atoms with Crippen molar-refractivity contribution >= 4 is 0 Å². The molecule has 0 heterocycles. The number of hydrogen-bond donors (Lipinski definition) is 1. The molecule has 1 N–H and O–H groups in total. The Morgan fingerprint density at radius 2 is 1.05 bits per heavy atom. The molecule has 1 heteroatoms. The van der Waals surface area contributed by atoms with Crippen LogP contribution in [0, 0.1) is 5.92 Å². The van der Waals surface area contributed by atoms with Gasteiger partial charge in [-0.2, -0.15) is 0 Å². The van der Waals surface area contributed by atoms with Crippen LogP contribution in [-0.2, 0) is 0 Å². The van der Waals surface area contributed by atoms with E-state index in [1.165, 1.54) is 109 Å². The van der Waals surface area contributed by atoms with E-state index in [1.807, 2.05) is 0 Å². The zero-order valence-corrected chi connectivity index (χ0v) is 15.3. The minimum Gasteiger partial charge on any atom is -0.311 e. The predicted octanol–water partition coefficient (Wildman–Crippen LogP) is 6.61. The molecule has 2 aliphatic rings. The van der Waals surface area contributed by atoms with Gasteiger partial charge in [-0.05, 0) is 31.6 Å². The highest BCUT2D eigenvalue weighted by atomic mass is 14.9. The van der Waals surface area contributed by atoms with Gasteiger partial charge in [0.1, 0.15) is 0 Å². The number of hydrogen-bond acceptors (Lipinski definition) is 1. The Bertz CT molecular complexity index is 253. The highest BCUT2D eigenvalue weighted by Crippen LogP contribution is 2.26. The smallest absolute Gasteiger partial charge is 0.00722 e. The Morgan fingerprint density at radius 3 is 1.59 bits per heavy atom. The van der Waals surface area contributed by atoms with Crippen LogP contribution in [0.15, 0.2) is 0 Å². The van der Waals surface area contributed by atoms with Crippen molar-refractivity contribution in [1.29, 1.82) is 0 Å². The van der Waals surface area contributed by atoms with Gasteiger partial charge in [-0.3, -0.25) is 0 Å². The molecule has 0 aliphatic heterocycles. The summed E-state index contributed by atoms with van der Waals surface area (Å²) in [7, 11) is 0. The molecule has 2 saturated carbocycles. The molecule has 0 amide bonds. The zero-order chi connectivity index (χ0) is 15.5. The van der Waals surface area contributed by atoms with Gasteiger partial charge < -0.3 is 5.32 Å². The van der Waals surface area contributed by atoms with Gasteiger partial charge in [0.15, 0.2) is 0 Å². The number of rotatable bonds is 3. The van der Waals surface area contributed by atoms with Crippen molar-refractivity contribution in [2.24, 2.45) is 5.92 Å². The summed E-state index contributed by atoms with van der Waals surface area (Å²) in [5.41, 5.74) is 0. The Kier molecular flexibility index (Phi) is 9.56. The van der Waals surface area contributed by atoms with Crippen LogP contribution >= 0.6 is 0 Å². The molecule has 0 spiro atoms. The summed E-state index contributed by atoms with van der Waals surface area (Å²) in [6, 6.07) is 1.64. The summed E-state index contributed by atoms with van der Waals surface area (Å²) in [4.78, 5) is 0. The molecule has 2 atom stereocenters. The molecule has 2 aliphatic carbocycles. The van der Waals surface area contributed by atoms with Crippen LogP contribution in [0.2, 0.25) is 0 Å². The summed E-state index contributed by atoms with van der Waals surface area (Å²) in [6.07, 6.45) is 24.8. The van der Waals surface area contributed by atoms with Crippen molar-refractivity contribution in [2.45, 2.75) is 128 Å². The van der Waals surface area contributed by atoms with Crippen LogP contribution < -0.4 is 5.32 Å². The molecule has 22 heavy (non-hydrogen) atoms. The SMILES string of the molecule is CCC1CCCCCCC(NC2CCCCCCCCC2)C1. The van der Waals surface area contributed by atoms with Gasteiger partial charge in [-0.15, -0.1) is 0 Å². The van der Waals surface area contributed by atoms with Crippen LogP contribution in [0.3, 0.4) is 0 Å². The average Bonchev–Trinajstić information content (AvgIpc) is 2.65. The van der Waals surface area contributed by atoms with Crippen LogP contribution in [0.5, 0.6) is 0 Å². The zero-order valence-electron chi connectivity index (χ0n) is 15.3. The Morgan fingerprint density at radius 1 is 0.591 bits per heavy atom. The molecule has 1 nitrogen and oxygen atoms in total. The third kappa shape index (κ3) is 7.49. The van der Waals surface area contributed by atoms with Crippen molar-refractivity contribution < 1.29 is 0 Å². The second-order valence-electron chi connectivity index (χ2n) is 8.11. The quantitative estimate of drug-likeness (QED) is 0.618. The summed E-state index contributed by atoms with van der Waals surface area (Å²) in [6.45, 7) is 2.41. The first-order valence-corrected chi connectivity index (χ1v) is 10.6. The van der Waals surface area contributed by atoms with Crippen molar-refractivity contribution in [3.63, 3.8) is 0 Å². The molecule has 0 radical (unpaired) electrons. The van der Waals surface area contributed by atoms with E-state index in [0.29, 0.717) is 0 Å². The fourth-order valence-corrected chi connectivity index (χ4v) is 4.65. The number of nitrogens with one attached hydrogen (secondary N) is 1. The van der Waals surface area contributed by atoms with Gasteiger partial charge in [0.05, 0.1) is 0 Å². The Labute approximate surface area is 140 Å². The van der Waals surface area contributed by atoms with Crippen LogP contribution in [0.1, 0.15) is 116 Å². The highest BCUT2D eigenvalue weighted by Gasteiger charge is 2.20. The van der Waals surface area contributed by atoms with E-state index in [4.69, 9.17) is 0 Å². The Balaban J connectivity index is 1.82. The van der Waals surface area contributed by atoms with E-state index in [9.17, 15) is 0 Å². The topological polar surface area (TPSA) is 12.0 Å². The largest absolute Gasteiger partial charge is 0.311 e. The van der Waals surface area contributed by atoms with E-state index in [0.717, 1.165) is 18.0 Å². The van der Waals surface area contributed by atoms with Crippen molar-refractivity contribution in [1.82, 2.24) is 5.32 Å². The molecular weight excluding hydrogens is 266 g/mol. The summed E-state index contributed by atoms with van der Waals surface area (Å²) in [5, 5.41) is 4.13. The van der Waals surface area contributed by atoms with Crippen molar-refractivity contribution in [3.05, 3.63) is 0 Å². The van der Waals surface area contributed by atoms with Gasteiger partial charge in [-0.25, -0.2) is 0 Å². The second-order valence-corrected chi connectivity index (χ2v) is 8.11. The average molecular weight is 308 g/mol. The fourth-order valence-electron chi connectivity index (χ4n) is 4.65. The summed E-state index contributed by atoms with van der Waals surface area (Å²) in [5.74, 6) is 0.982.